The number of benzene rings is 1. The van der Waals surface area contributed by atoms with Gasteiger partial charge in [-0.15, -0.1) is 11.3 Å². The third kappa shape index (κ3) is 4.53. The van der Waals surface area contributed by atoms with Crippen molar-refractivity contribution in [2.24, 2.45) is 5.92 Å². The van der Waals surface area contributed by atoms with Crippen molar-refractivity contribution in [2.45, 2.75) is 38.6 Å². The first-order chi connectivity index (χ1) is 13.2. The van der Waals surface area contributed by atoms with Crippen molar-refractivity contribution in [3.63, 3.8) is 0 Å². The fourth-order valence-electron chi connectivity index (χ4n) is 4.23. The van der Waals surface area contributed by atoms with Crippen LogP contribution in [0.1, 0.15) is 43.5 Å². The number of thiophene rings is 1. The molecule has 0 bridgehead atoms. The summed E-state index contributed by atoms with van der Waals surface area (Å²) in [4.78, 5) is 18.7. The van der Waals surface area contributed by atoms with E-state index < -0.39 is 0 Å². The molecule has 1 atom stereocenters. The maximum Gasteiger partial charge on any atom is 0.238 e. The third-order valence-corrected chi connectivity index (χ3v) is 6.86. The first kappa shape index (κ1) is 18.5. The largest absolute Gasteiger partial charge is 0.372 e. The van der Waals surface area contributed by atoms with Crippen molar-refractivity contribution in [3.05, 3.63) is 46.7 Å². The van der Waals surface area contributed by atoms with Gasteiger partial charge in [0.25, 0.3) is 0 Å². The van der Waals surface area contributed by atoms with Crippen molar-refractivity contribution >= 4 is 28.6 Å². The minimum absolute atomic E-state index is 0.0815. The van der Waals surface area contributed by atoms with Crippen LogP contribution < -0.4 is 10.2 Å². The minimum Gasteiger partial charge on any atom is -0.372 e. The molecular weight excluding hydrogens is 354 g/mol. The third-order valence-electron chi connectivity index (χ3n) is 5.88. The molecule has 5 heteroatoms. The second kappa shape index (κ2) is 8.44. The topological polar surface area (TPSA) is 35.6 Å². The Hall–Kier alpha value is -1.85. The Labute approximate surface area is 166 Å². The summed E-state index contributed by atoms with van der Waals surface area (Å²) in [5.74, 6) is 0.918. The molecule has 2 fully saturated rings. The first-order valence-corrected chi connectivity index (χ1v) is 11.0. The maximum absolute atomic E-state index is 12.5. The zero-order valence-corrected chi connectivity index (χ0v) is 16.9. The summed E-state index contributed by atoms with van der Waals surface area (Å²) in [5, 5.41) is 5.20. The van der Waals surface area contributed by atoms with Gasteiger partial charge in [-0.05, 0) is 73.9 Å². The molecule has 0 radical (unpaired) electrons. The van der Waals surface area contributed by atoms with E-state index in [1.807, 2.05) is 12.1 Å². The van der Waals surface area contributed by atoms with Gasteiger partial charge in [0.05, 0.1) is 6.54 Å². The predicted molar refractivity (Wildman–Crippen MR) is 114 cm³/mol. The molecule has 0 aliphatic carbocycles. The lowest BCUT2D eigenvalue weighted by atomic mass is 9.99. The van der Waals surface area contributed by atoms with E-state index in [1.165, 1.54) is 29.8 Å². The van der Waals surface area contributed by atoms with Crippen LogP contribution in [-0.2, 0) is 4.79 Å². The summed E-state index contributed by atoms with van der Waals surface area (Å²) in [5.41, 5.74) is 2.15. The fraction of sp³-hybridized carbons (Fsp3) is 0.500. The Kier molecular flexibility index (Phi) is 5.79. The van der Waals surface area contributed by atoms with Crippen LogP contribution in [0.25, 0.3) is 0 Å². The number of hydrogen-bond donors (Lipinski definition) is 1. The van der Waals surface area contributed by atoms with E-state index in [9.17, 15) is 4.79 Å². The van der Waals surface area contributed by atoms with Gasteiger partial charge in [0.15, 0.2) is 0 Å². The van der Waals surface area contributed by atoms with Crippen LogP contribution in [0.5, 0.6) is 0 Å². The molecule has 2 aromatic rings. The highest BCUT2D eigenvalue weighted by molar-refractivity contribution is 7.10. The number of amides is 1. The number of nitrogens with zero attached hydrogens (tertiary/aromatic N) is 2. The summed E-state index contributed by atoms with van der Waals surface area (Å²) in [6.07, 6.45) is 4.84. The molecule has 1 aromatic carbocycles. The second-order valence-corrected chi connectivity index (χ2v) is 8.89. The summed E-state index contributed by atoms with van der Waals surface area (Å²) >= 11 is 1.79. The summed E-state index contributed by atoms with van der Waals surface area (Å²) in [6, 6.07) is 13.0. The molecule has 0 unspecified atom stereocenters. The van der Waals surface area contributed by atoms with E-state index in [2.05, 4.69) is 51.7 Å². The van der Waals surface area contributed by atoms with Crippen molar-refractivity contribution in [1.29, 1.82) is 0 Å². The second-order valence-electron chi connectivity index (χ2n) is 7.91. The lowest BCUT2D eigenvalue weighted by molar-refractivity contribution is -0.117. The Bertz CT molecular complexity index is 735. The smallest absolute Gasteiger partial charge is 0.238 e. The predicted octanol–water partition coefficient (Wildman–Crippen LogP) is 4.76. The van der Waals surface area contributed by atoms with E-state index in [-0.39, 0.29) is 5.91 Å². The summed E-state index contributed by atoms with van der Waals surface area (Å²) < 4.78 is 0. The maximum atomic E-state index is 12.5. The molecule has 1 amide bonds. The van der Waals surface area contributed by atoms with Gasteiger partial charge in [-0.25, -0.2) is 0 Å². The quantitative estimate of drug-likeness (QED) is 0.808. The Morgan fingerprint density at radius 3 is 2.59 bits per heavy atom. The number of carbonyl (C=O) groups excluding carboxylic acids is 1. The van der Waals surface area contributed by atoms with Crippen molar-refractivity contribution in [2.75, 3.05) is 36.4 Å². The van der Waals surface area contributed by atoms with Gasteiger partial charge in [0.1, 0.15) is 0 Å². The van der Waals surface area contributed by atoms with Crippen LogP contribution in [-0.4, -0.2) is 37.0 Å². The van der Waals surface area contributed by atoms with Gasteiger partial charge < -0.3 is 10.2 Å². The molecule has 2 aliphatic heterocycles. The molecule has 2 saturated heterocycles. The van der Waals surface area contributed by atoms with Gasteiger partial charge in [0, 0.05) is 35.4 Å². The van der Waals surface area contributed by atoms with Crippen molar-refractivity contribution < 1.29 is 4.79 Å². The highest BCUT2D eigenvalue weighted by Gasteiger charge is 2.28. The van der Waals surface area contributed by atoms with E-state index in [4.69, 9.17) is 0 Å². The Morgan fingerprint density at radius 1 is 1.11 bits per heavy atom. The lowest BCUT2D eigenvalue weighted by Gasteiger charge is -2.32. The standard InChI is InChI=1S/C22H29N3OS/c1-17-10-13-24(14-11-17)19-8-6-18(7-9-19)23-22(26)16-25-12-2-4-20(25)21-5-3-15-27-21/h3,5-9,15,17,20H,2,4,10-14,16H2,1H3,(H,23,26)/t20-/m1/s1. The number of piperidine rings is 1. The molecule has 144 valence electrons. The van der Waals surface area contributed by atoms with Crippen molar-refractivity contribution in [1.82, 2.24) is 4.90 Å². The van der Waals surface area contributed by atoms with E-state index >= 15 is 0 Å². The molecular formula is C22H29N3OS. The lowest BCUT2D eigenvalue weighted by Crippen LogP contribution is -2.33. The molecule has 1 N–H and O–H groups in total. The molecule has 1 aromatic heterocycles. The van der Waals surface area contributed by atoms with Gasteiger partial charge in [-0.1, -0.05) is 13.0 Å². The summed E-state index contributed by atoms with van der Waals surface area (Å²) in [6.45, 7) is 6.06. The zero-order chi connectivity index (χ0) is 18.6. The molecule has 0 saturated carbocycles. The van der Waals surface area contributed by atoms with Crippen LogP contribution in [0.2, 0.25) is 0 Å². The van der Waals surface area contributed by atoms with Crippen LogP contribution in [0, 0.1) is 5.92 Å². The van der Waals surface area contributed by atoms with Gasteiger partial charge in [-0.3, -0.25) is 9.69 Å². The minimum atomic E-state index is 0.0815. The van der Waals surface area contributed by atoms with Gasteiger partial charge >= 0.3 is 0 Å². The average molecular weight is 384 g/mol. The van der Waals surface area contributed by atoms with Crippen molar-refractivity contribution in [3.8, 4) is 0 Å². The van der Waals surface area contributed by atoms with Gasteiger partial charge in [-0.2, -0.15) is 0 Å². The fourth-order valence-corrected chi connectivity index (χ4v) is 5.12. The molecule has 4 nitrogen and oxygen atoms in total. The highest BCUT2D eigenvalue weighted by atomic mass is 32.1. The number of nitrogens with one attached hydrogen (secondary N) is 1. The molecule has 3 heterocycles. The van der Waals surface area contributed by atoms with Crippen LogP contribution in [0.3, 0.4) is 0 Å². The number of hydrogen-bond acceptors (Lipinski definition) is 4. The van der Waals surface area contributed by atoms with E-state index in [0.717, 1.165) is 37.7 Å². The average Bonchev–Trinajstić information content (AvgIpc) is 3.34. The molecule has 0 spiro atoms. The summed E-state index contributed by atoms with van der Waals surface area (Å²) in [7, 11) is 0. The monoisotopic (exact) mass is 383 g/mol. The number of anilines is 2. The molecule has 27 heavy (non-hydrogen) atoms. The zero-order valence-electron chi connectivity index (χ0n) is 16.1. The first-order valence-electron chi connectivity index (χ1n) is 10.1. The normalized spacial score (nSPS) is 21.5. The van der Waals surface area contributed by atoms with E-state index in [0.29, 0.717) is 12.6 Å². The molecule has 4 rings (SSSR count). The van der Waals surface area contributed by atoms with Crippen LogP contribution in [0.4, 0.5) is 11.4 Å². The number of likely N-dealkylation sites (tertiary alicyclic amines) is 1. The number of rotatable bonds is 5. The number of carbonyl (C=O) groups is 1. The van der Waals surface area contributed by atoms with E-state index in [1.54, 1.807) is 11.3 Å². The van der Waals surface area contributed by atoms with Gasteiger partial charge in [0.2, 0.25) is 5.91 Å². The van der Waals surface area contributed by atoms with Crippen LogP contribution >= 0.6 is 11.3 Å². The molecule has 2 aliphatic rings. The Balaban J connectivity index is 1.31. The Morgan fingerprint density at radius 2 is 1.89 bits per heavy atom. The van der Waals surface area contributed by atoms with Crippen LogP contribution in [0.15, 0.2) is 41.8 Å². The highest BCUT2D eigenvalue weighted by Crippen LogP contribution is 2.34. The SMILES string of the molecule is CC1CCN(c2ccc(NC(=O)CN3CCC[C@@H]3c3cccs3)cc2)CC1.